The third-order valence-electron chi connectivity index (χ3n) is 3.89. The highest BCUT2D eigenvalue weighted by Gasteiger charge is 2.51. The van der Waals surface area contributed by atoms with Crippen LogP contribution in [0.5, 0.6) is 5.75 Å². The monoisotopic (exact) mass is 345 g/mol. The van der Waals surface area contributed by atoms with Gasteiger partial charge < -0.3 is 9.84 Å². The minimum atomic E-state index is -5.03. The summed E-state index contributed by atoms with van der Waals surface area (Å²) in [5.41, 5.74) is -3.47. The average Bonchev–Trinajstić information content (AvgIpc) is 2.61. The Hall–Kier alpha value is -1.58. The van der Waals surface area contributed by atoms with Gasteiger partial charge in [0.15, 0.2) is 18.0 Å². The number of aliphatic hydroxyl groups excluding tert-OH is 1. The number of alkyl halides is 7. The fraction of sp³-hybridized carbons (Fsp3) is 0.615. The van der Waals surface area contributed by atoms with Gasteiger partial charge in [-0.2, -0.15) is 13.2 Å². The highest BCUT2D eigenvalue weighted by molar-refractivity contribution is 5.49. The lowest BCUT2D eigenvalue weighted by molar-refractivity contribution is -0.143. The molecule has 2 aliphatic carbocycles. The zero-order valence-electron chi connectivity index (χ0n) is 11.2. The highest BCUT2D eigenvalue weighted by Crippen LogP contribution is 2.52. The van der Waals surface area contributed by atoms with Gasteiger partial charge in [-0.3, -0.25) is 0 Å². The van der Waals surface area contributed by atoms with Crippen LogP contribution in [0.1, 0.15) is 41.9 Å². The standard InChI is InChI=1S/C13H10F7NO2/c14-8-6-5(23-4-1-12(16,17)2-4)3-21-11(13(18,19)20)7(6)10(22)9(8)15/h3-4,8-10,22H,1-2H2/t8?,9-,10+/m1/s1. The molecule has 0 radical (unpaired) electrons. The lowest BCUT2D eigenvalue weighted by atomic mass is 9.91. The molecule has 0 spiro atoms. The molecule has 1 aromatic rings. The zero-order valence-corrected chi connectivity index (χ0v) is 11.2. The summed E-state index contributed by atoms with van der Waals surface area (Å²) in [6, 6.07) is 0. The molecule has 0 saturated heterocycles. The lowest BCUT2D eigenvalue weighted by Gasteiger charge is -2.35. The summed E-state index contributed by atoms with van der Waals surface area (Å²) in [6.45, 7) is 0. The molecule has 1 unspecified atom stereocenters. The molecule has 3 nitrogen and oxygen atoms in total. The largest absolute Gasteiger partial charge is 0.488 e. The highest BCUT2D eigenvalue weighted by atomic mass is 19.4. The van der Waals surface area contributed by atoms with Crippen LogP contribution in [0, 0.1) is 0 Å². The Morgan fingerprint density at radius 1 is 1.17 bits per heavy atom. The van der Waals surface area contributed by atoms with Crippen LogP contribution in [0.4, 0.5) is 30.7 Å². The first-order chi connectivity index (χ1) is 10.5. The van der Waals surface area contributed by atoms with Crippen molar-refractivity contribution in [2.24, 2.45) is 0 Å². The van der Waals surface area contributed by atoms with E-state index in [1.807, 2.05) is 0 Å². The minimum Gasteiger partial charge on any atom is -0.488 e. The summed E-state index contributed by atoms with van der Waals surface area (Å²) in [5, 5.41) is 9.55. The van der Waals surface area contributed by atoms with Gasteiger partial charge >= 0.3 is 6.18 Å². The first-order valence-corrected chi connectivity index (χ1v) is 6.62. The first-order valence-electron chi connectivity index (χ1n) is 6.62. The van der Waals surface area contributed by atoms with Crippen LogP contribution in [0.2, 0.25) is 0 Å². The predicted octanol–water partition coefficient (Wildman–Crippen LogP) is 3.67. The maximum atomic E-state index is 14.0. The molecule has 23 heavy (non-hydrogen) atoms. The normalized spacial score (nSPS) is 30.0. The van der Waals surface area contributed by atoms with Crippen LogP contribution in [-0.4, -0.2) is 28.3 Å². The molecule has 0 aromatic carbocycles. The topological polar surface area (TPSA) is 42.4 Å². The van der Waals surface area contributed by atoms with Gasteiger partial charge in [-0.15, -0.1) is 0 Å². The Labute approximate surface area is 125 Å². The lowest BCUT2D eigenvalue weighted by Crippen LogP contribution is -2.43. The fourth-order valence-electron chi connectivity index (χ4n) is 2.77. The van der Waals surface area contributed by atoms with Gasteiger partial charge in [-0.25, -0.2) is 22.5 Å². The molecule has 0 bridgehead atoms. The molecule has 1 fully saturated rings. The summed E-state index contributed by atoms with van der Waals surface area (Å²) in [6.07, 6.45) is -14.4. The minimum absolute atomic E-state index is 0.523. The van der Waals surface area contributed by atoms with E-state index in [9.17, 15) is 35.8 Å². The maximum absolute atomic E-state index is 14.0. The number of nitrogens with zero attached hydrogens (tertiary/aromatic N) is 1. The van der Waals surface area contributed by atoms with E-state index < -0.39 is 72.1 Å². The Kier molecular flexibility index (Phi) is 3.51. The number of aromatic nitrogens is 1. The van der Waals surface area contributed by atoms with Crippen LogP contribution in [0.15, 0.2) is 6.20 Å². The summed E-state index contributed by atoms with van der Waals surface area (Å²) < 4.78 is 96.8. The second kappa shape index (κ2) is 4.96. The van der Waals surface area contributed by atoms with E-state index in [1.165, 1.54) is 0 Å². The van der Waals surface area contributed by atoms with Crippen molar-refractivity contribution in [3.05, 3.63) is 23.0 Å². The summed E-state index contributed by atoms with van der Waals surface area (Å²) in [4.78, 5) is 3.06. The SMILES string of the molecule is O[C@H]1c2c(C(F)(F)F)ncc(OC3CC(F)(F)C3)c2C(F)[C@H]1F. The number of hydrogen-bond donors (Lipinski definition) is 1. The average molecular weight is 345 g/mol. The number of aliphatic hydroxyl groups is 1. The second-order valence-corrected chi connectivity index (χ2v) is 5.59. The Morgan fingerprint density at radius 3 is 2.30 bits per heavy atom. The second-order valence-electron chi connectivity index (χ2n) is 5.59. The Bertz CT molecular complexity index is 625. The van der Waals surface area contributed by atoms with Crippen molar-refractivity contribution in [1.82, 2.24) is 4.98 Å². The van der Waals surface area contributed by atoms with E-state index >= 15 is 0 Å². The molecular formula is C13H10F7NO2. The number of halogens is 7. The quantitative estimate of drug-likeness (QED) is 0.832. The molecule has 1 aromatic heterocycles. The maximum Gasteiger partial charge on any atom is 0.433 e. The Morgan fingerprint density at radius 2 is 1.78 bits per heavy atom. The van der Waals surface area contributed by atoms with E-state index in [0.29, 0.717) is 6.20 Å². The molecule has 2 aliphatic rings. The van der Waals surface area contributed by atoms with Crippen molar-refractivity contribution in [2.75, 3.05) is 0 Å². The molecule has 10 heteroatoms. The molecule has 3 rings (SSSR count). The van der Waals surface area contributed by atoms with Crippen molar-refractivity contribution in [2.45, 2.75) is 49.5 Å². The molecule has 1 heterocycles. The number of fused-ring (bicyclic) bond motifs is 1. The molecule has 1 saturated carbocycles. The van der Waals surface area contributed by atoms with Gasteiger partial charge in [0.25, 0.3) is 5.92 Å². The van der Waals surface area contributed by atoms with E-state index in [2.05, 4.69) is 4.98 Å². The predicted molar refractivity (Wildman–Crippen MR) is 61.5 cm³/mol. The van der Waals surface area contributed by atoms with E-state index in [0.717, 1.165) is 0 Å². The van der Waals surface area contributed by atoms with E-state index in [4.69, 9.17) is 4.74 Å². The van der Waals surface area contributed by atoms with Crippen LogP contribution in [0.3, 0.4) is 0 Å². The van der Waals surface area contributed by atoms with Gasteiger partial charge in [0.1, 0.15) is 18.0 Å². The number of pyridine rings is 1. The Balaban J connectivity index is 2.00. The number of rotatable bonds is 2. The number of hydrogen-bond acceptors (Lipinski definition) is 3. The smallest absolute Gasteiger partial charge is 0.433 e. The molecule has 1 N–H and O–H groups in total. The van der Waals surface area contributed by atoms with Crippen molar-refractivity contribution in [3.8, 4) is 5.75 Å². The van der Waals surface area contributed by atoms with Gasteiger partial charge in [0, 0.05) is 24.0 Å². The summed E-state index contributed by atoms with van der Waals surface area (Å²) >= 11 is 0. The third kappa shape index (κ3) is 2.62. The van der Waals surface area contributed by atoms with Gasteiger partial charge in [-0.1, -0.05) is 0 Å². The van der Waals surface area contributed by atoms with Crippen molar-refractivity contribution in [1.29, 1.82) is 0 Å². The van der Waals surface area contributed by atoms with Crippen molar-refractivity contribution < 1.29 is 40.6 Å². The van der Waals surface area contributed by atoms with E-state index in [1.54, 1.807) is 0 Å². The number of ether oxygens (including phenoxy) is 1. The third-order valence-corrected chi connectivity index (χ3v) is 3.89. The van der Waals surface area contributed by atoms with Crippen LogP contribution < -0.4 is 4.74 Å². The first kappa shape index (κ1) is 16.3. The van der Waals surface area contributed by atoms with Crippen molar-refractivity contribution >= 4 is 0 Å². The fourth-order valence-corrected chi connectivity index (χ4v) is 2.77. The zero-order chi connectivity index (χ0) is 17.2. The van der Waals surface area contributed by atoms with Gasteiger partial charge in [0.05, 0.1) is 6.20 Å². The van der Waals surface area contributed by atoms with Crippen LogP contribution >= 0.6 is 0 Å². The van der Waals surface area contributed by atoms with Crippen LogP contribution in [0.25, 0.3) is 0 Å². The summed E-state index contributed by atoms with van der Waals surface area (Å²) in [5.74, 6) is -3.51. The van der Waals surface area contributed by atoms with Gasteiger partial charge in [0.2, 0.25) is 0 Å². The van der Waals surface area contributed by atoms with Crippen molar-refractivity contribution in [3.63, 3.8) is 0 Å². The molecular weight excluding hydrogens is 335 g/mol. The molecule has 3 atom stereocenters. The summed E-state index contributed by atoms with van der Waals surface area (Å²) in [7, 11) is 0. The molecule has 128 valence electrons. The van der Waals surface area contributed by atoms with Gasteiger partial charge in [-0.05, 0) is 0 Å². The molecule has 0 amide bonds. The molecule has 0 aliphatic heterocycles. The van der Waals surface area contributed by atoms with E-state index in [-0.39, 0.29) is 0 Å². The van der Waals surface area contributed by atoms with Crippen LogP contribution in [-0.2, 0) is 6.18 Å².